The SMILES string of the molecule is C[C@H]1CC[C@@H](C(=O)NCc2cc(-c3cnc(C(F)(F)F)nc3)ncc2C(F)(F)F)N1S(=O)(=O)c1ccc(Cl)nc1. The van der Waals surface area contributed by atoms with Crippen LogP contribution in [-0.2, 0) is 33.7 Å². The highest BCUT2D eigenvalue weighted by atomic mass is 35.5. The number of nitrogens with one attached hydrogen (secondary N) is 1. The highest BCUT2D eigenvalue weighted by Gasteiger charge is 2.44. The molecule has 0 radical (unpaired) electrons. The highest BCUT2D eigenvalue weighted by Crippen LogP contribution is 2.35. The summed E-state index contributed by atoms with van der Waals surface area (Å²) in [6.45, 7) is 0.920. The van der Waals surface area contributed by atoms with Gasteiger partial charge in [-0.1, -0.05) is 11.6 Å². The van der Waals surface area contributed by atoms with Crippen LogP contribution in [0.5, 0.6) is 0 Å². The van der Waals surface area contributed by atoms with Crippen LogP contribution in [0.25, 0.3) is 11.3 Å². The summed E-state index contributed by atoms with van der Waals surface area (Å²) in [6.07, 6.45) is -6.20. The number of rotatable bonds is 6. The summed E-state index contributed by atoms with van der Waals surface area (Å²) in [6, 6.07) is 1.64. The van der Waals surface area contributed by atoms with Gasteiger partial charge in [-0.25, -0.2) is 23.4 Å². The van der Waals surface area contributed by atoms with Crippen molar-refractivity contribution in [2.45, 2.75) is 55.6 Å². The van der Waals surface area contributed by atoms with E-state index < -0.39 is 63.9 Å². The third-order valence-corrected chi connectivity index (χ3v) is 8.36. The van der Waals surface area contributed by atoms with E-state index in [2.05, 4.69) is 25.3 Å². The van der Waals surface area contributed by atoms with Crippen molar-refractivity contribution in [3.63, 3.8) is 0 Å². The van der Waals surface area contributed by atoms with Gasteiger partial charge < -0.3 is 5.32 Å². The molecular weight excluding hydrogens is 590 g/mol. The molecule has 0 unspecified atom stereocenters. The lowest BCUT2D eigenvalue weighted by Gasteiger charge is -2.27. The van der Waals surface area contributed by atoms with E-state index in [4.69, 9.17) is 11.6 Å². The fraction of sp³-hybridized carbons (Fsp3) is 0.348. The molecule has 0 spiro atoms. The number of aromatic nitrogens is 4. The van der Waals surface area contributed by atoms with Crippen molar-refractivity contribution in [1.29, 1.82) is 0 Å². The van der Waals surface area contributed by atoms with E-state index in [0.717, 1.165) is 29.0 Å². The number of nitrogens with zero attached hydrogens (tertiary/aromatic N) is 5. The Morgan fingerprint density at radius 2 is 1.68 bits per heavy atom. The van der Waals surface area contributed by atoms with E-state index in [9.17, 15) is 39.6 Å². The predicted octanol–water partition coefficient (Wildman–Crippen LogP) is 4.48. The van der Waals surface area contributed by atoms with Crippen LogP contribution < -0.4 is 5.32 Å². The minimum Gasteiger partial charge on any atom is -0.351 e. The number of amides is 1. The largest absolute Gasteiger partial charge is 0.451 e. The van der Waals surface area contributed by atoms with Gasteiger partial charge in [-0.2, -0.15) is 30.6 Å². The van der Waals surface area contributed by atoms with Gasteiger partial charge in [0.2, 0.25) is 21.8 Å². The fourth-order valence-corrected chi connectivity index (χ4v) is 6.11. The lowest BCUT2D eigenvalue weighted by atomic mass is 10.1. The van der Waals surface area contributed by atoms with Gasteiger partial charge in [0.15, 0.2) is 0 Å². The van der Waals surface area contributed by atoms with Gasteiger partial charge in [0, 0.05) is 42.9 Å². The van der Waals surface area contributed by atoms with E-state index >= 15 is 0 Å². The molecule has 3 aromatic heterocycles. The first-order valence-electron chi connectivity index (χ1n) is 11.5. The van der Waals surface area contributed by atoms with Crippen LogP contribution in [0.2, 0.25) is 5.15 Å². The normalized spacial score (nSPS) is 18.6. The predicted molar refractivity (Wildman–Crippen MR) is 128 cm³/mol. The number of sulfonamides is 1. The quantitative estimate of drug-likeness (QED) is 0.324. The van der Waals surface area contributed by atoms with Gasteiger partial charge in [0.05, 0.1) is 11.3 Å². The number of halogens is 7. The zero-order chi connectivity index (χ0) is 29.5. The van der Waals surface area contributed by atoms with Crippen molar-refractivity contribution in [3.8, 4) is 11.3 Å². The zero-order valence-corrected chi connectivity index (χ0v) is 21.9. The maximum absolute atomic E-state index is 13.7. The van der Waals surface area contributed by atoms with Crippen molar-refractivity contribution >= 4 is 27.5 Å². The summed E-state index contributed by atoms with van der Waals surface area (Å²) < 4.78 is 107. The molecule has 0 bridgehead atoms. The van der Waals surface area contributed by atoms with Crippen molar-refractivity contribution in [2.75, 3.05) is 0 Å². The zero-order valence-electron chi connectivity index (χ0n) is 20.3. The van der Waals surface area contributed by atoms with E-state index in [-0.39, 0.29) is 27.7 Å². The number of carbonyl (C=O) groups is 1. The van der Waals surface area contributed by atoms with E-state index in [1.54, 1.807) is 6.92 Å². The molecule has 0 aromatic carbocycles. The van der Waals surface area contributed by atoms with Gasteiger partial charge in [0.25, 0.3) is 0 Å². The van der Waals surface area contributed by atoms with Gasteiger partial charge in [-0.15, -0.1) is 0 Å². The van der Waals surface area contributed by atoms with Crippen LogP contribution in [0.4, 0.5) is 26.3 Å². The number of hydrogen-bond acceptors (Lipinski definition) is 7. The molecule has 2 atom stereocenters. The second-order valence-electron chi connectivity index (χ2n) is 8.83. The number of carbonyl (C=O) groups excluding carboxylic acids is 1. The van der Waals surface area contributed by atoms with Gasteiger partial charge >= 0.3 is 12.4 Å². The first kappa shape index (κ1) is 29.6. The monoisotopic (exact) mass is 608 g/mol. The first-order chi connectivity index (χ1) is 18.6. The minimum atomic E-state index is -4.87. The molecular formula is C23H19ClF6N6O3S. The molecule has 17 heteroatoms. The maximum atomic E-state index is 13.7. The molecule has 3 aromatic rings. The van der Waals surface area contributed by atoms with Gasteiger partial charge in [-0.3, -0.25) is 9.78 Å². The Morgan fingerprint density at radius 1 is 1.00 bits per heavy atom. The molecule has 214 valence electrons. The Bertz CT molecular complexity index is 1500. The minimum absolute atomic E-state index is 0.0581. The molecule has 1 amide bonds. The van der Waals surface area contributed by atoms with E-state index in [0.29, 0.717) is 12.6 Å². The third kappa shape index (κ3) is 6.18. The van der Waals surface area contributed by atoms with Crippen molar-refractivity contribution in [1.82, 2.24) is 29.6 Å². The average Bonchev–Trinajstić information content (AvgIpc) is 3.28. The molecule has 0 aliphatic carbocycles. The summed E-state index contributed by atoms with van der Waals surface area (Å²) in [5.41, 5.74) is -1.90. The molecule has 1 aliphatic heterocycles. The number of alkyl halides is 6. The third-order valence-electron chi connectivity index (χ3n) is 6.13. The summed E-state index contributed by atoms with van der Waals surface area (Å²) in [5, 5.41) is 2.41. The van der Waals surface area contributed by atoms with Crippen LogP contribution in [0, 0.1) is 0 Å². The van der Waals surface area contributed by atoms with Crippen molar-refractivity contribution in [2.24, 2.45) is 0 Å². The Kier molecular flexibility index (Phi) is 8.06. The Hall–Kier alpha value is -3.37. The summed E-state index contributed by atoms with van der Waals surface area (Å²) in [7, 11) is -4.20. The Morgan fingerprint density at radius 3 is 2.25 bits per heavy atom. The molecule has 1 fully saturated rings. The maximum Gasteiger partial charge on any atom is 0.451 e. The summed E-state index contributed by atoms with van der Waals surface area (Å²) in [5.74, 6) is -2.27. The van der Waals surface area contributed by atoms with E-state index in [1.165, 1.54) is 12.1 Å². The Labute approximate surface area is 228 Å². The molecule has 4 rings (SSSR count). The molecule has 1 saturated heterocycles. The lowest BCUT2D eigenvalue weighted by molar-refractivity contribution is -0.145. The van der Waals surface area contributed by atoms with Gasteiger partial charge in [0.1, 0.15) is 16.1 Å². The molecule has 1 N–H and O–H groups in total. The van der Waals surface area contributed by atoms with Crippen molar-refractivity contribution in [3.05, 3.63) is 65.1 Å². The molecule has 0 saturated carbocycles. The number of pyridine rings is 2. The second kappa shape index (κ2) is 10.9. The summed E-state index contributed by atoms with van der Waals surface area (Å²) >= 11 is 5.73. The highest BCUT2D eigenvalue weighted by molar-refractivity contribution is 7.89. The van der Waals surface area contributed by atoms with Crippen LogP contribution in [-0.4, -0.2) is 50.6 Å². The fourth-order valence-electron chi connectivity index (χ4n) is 4.21. The molecule has 40 heavy (non-hydrogen) atoms. The van der Waals surface area contributed by atoms with Crippen molar-refractivity contribution < 1.29 is 39.6 Å². The van der Waals surface area contributed by atoms with Crippen LogP contribution >= 0.6 is 11.6 Å². The van der Waals surface area contributed by atoms with Gasteiger partial charge in [-0.05, 0) is 43.5 Å². The molecule has 9 nitrogen and oxygen atoms in total. The average molecular weight is 609 g/mol. The Balaban J connectivity index is 1.59. The van der Waals surface area contributed by atoms with E-state index in [1.807, 2.05) is 0 Å². The smallest absolute Gasteiger partial charge is 0.351 e. The first-order valence-corrected chi connectivity index (χ1v) is 13.3. The lowest BCUT2D eigenvalue weighted by Crippen LogP contribution is -2.48. The second-order valence-corrected chi connectivity index (χ2v) is 11.1. The van der Waals surface area contributed by atoms with Crippen LogP contribution in [0.1, 0.15) is 36.7 Å². The summed E-state index contributed by atoms with van der Waals surface area (Å²) in [4.78, 5) is 26.6. The molecule has 4 heterocycles. The van der Waals surface area contributed by atoms with Crippen LogP contribution in [0.3, 0.4) is 0 Å². The number of hydrogen-bond donors (Lipinski definition) is 1. The molecule has 1 aliphatic rings. The topological polar surface area (TPSA) is 118 Å². The standard InChI is InChI=1S/C23H19ClF6N6O3S/c1-12-2-4-18(36(12)40(38,39)15-3-5-19(24)32-10-15)20(37)33-7-13-6-17(31-11-16(13)22(25,26)27)14-8-34-21(35-9-14)23(28,29)30/h3,5-6,8-12,18H,2,4,7H2,1H3,(H,33,37)/t12-,18-/m0/s1. The van der Waals surface area contributed by atoms with Crippen LogP contribution in [0.15, 0.2) is 47.9 Å².